The topological polar surface area (TPSA) is 50.4 Å². The number of benzene rings is 1. The maximum absolute atomic E-state index is 11.7. The summed E-state index contributed by atoms with van der Waals surface area (Å²) in [6.45, 7) is 5.91. The van der Waals surface area contributed by atoms with E-state index in [-0.39, 0.29) is 5.91 Å². The molecule has 18 heavy (non-hydrogen) atoms. The molecule has 0 heterocycles. The lowest BCUT2D eigenvalue weighted by Gasteiger charge is -2.10. The van der Waals surface area contributed by atoms with Crippen LogP contribution in [0.4, 0.5) is 5.69 Å². The molecule has 1 rings (SSSR count). The molecule has 100 valence electrons. The van der Waals surface area contributed by atoms with Gasteiger partial charge in [0.2, 0.25) is 5.91 Å². The molecular weight excluding hydrogens is 228 g/mol. The number of methoxy groups -OCH3 is 1. The summed E-state index contributed by atoms with van der Waals surface area (Å²) in [5.74, 6) is 1.28. The van der Waals surface area contributed by atoms with Gasteiger partial charge in [-0.25, -0.2) is 0 Å². The number of amides is 1. The predicted octanol–water partition coefficient (Wildman–Crippen LogP) is 2.27. The molecule has 4 heteroatoms. The fraction of sp³-hybridized carbons (Fsp3) is 0.500. The number of hydrogen-bond donors (Lipinski definition) is 2. The fourth-order valence-corrected chi connectivity index (χ4v) is 1.55. The van der Waals surface area contributed by atoms with E-state index < -0.39 is 0 Å². The van der Waals surface area contributed by atoms with E-state index in [0.29, 0.717) is 30.3 Å². The third-order valence-electron chi connectivity index (χ3n) is 2.46. The largest absolute Gasteiger partial charge is 0.495 e. The number of hydrogen-bond acceptors (Lipinski definition) is 3. The Hall–Kier alpha value is -1.55. The van der Waals surface area contributed by atoms with Crippen molar-refractivity contribution in [2.24, 2.45) is 5.92 Å². The summed E-state index contributed by atoms with van der Waals surface area (Å²) < 4.78 is 5.17. The first-order chi connectivity index (χ1) is 8.63. The second-order valence-electron chi connectivity index (χ2n) is 4.60. The maximum atomic E-state index is 11.7. The molecule has 0 bridgehead atoms. The van der Waals surface area contributed by atoms with Gasteiger partial charge in [0, 0.05) is 13.0 Å². The fourth-order valence-electron chi connectivity index (χ4n) is 1.55. The lowest BCUT2D eigenvalue weighted by atomic mass is 10.2. The standard InChI is InChI=1S/C14H22N2O2/c1-11(2)10-15-9-8-14(17)16-12-6-4-5-7-13(12)18-3/h4-7,11,15H,8-10H2,1-3H3,(H,16,17). The Labute approximate surface area is 109 Å². The van der Waals surface area contributed by atoms with Crippen LogP contribution in [-0.4, -0.2) is 26.1 Å². The highest BCUT2D eigenvalue weighted by atomic mass is 16.5. The van der Waals surface area contributed by atoms with Crippen LogP contribution in [0.2, 0.25) is 0 Å². The molecule has 2 N–H and O–H groups in total. The van der Waals surface area contributed by atoms with Gasteiger partial charge in [0.15, 0.2) is 0 Å². The van der Waals surface area contributed by atoms with Gasteiger partial charge in [-0.1, -0.05) is 26.0 Å². The third-order valence-corrected chi connectivity index (χ3v) is 2.46. The maximum Gasteiger partial charge on any atom is 0.225 e. The molecule has 0 spiro atoms. The molecule has 0 aliphatic rings. The molecule has 0 saturated carbocycles. The summed E-state index contributed by atoms with van der Waals surface area (Å²) in [5.41, 5.74) is 0.717. The van der Waals surface area contributed by atoms with Crippen molar-refractivity contribution in [1.82, 2.24) is 5.32 Å². The Bertz CT molecular complexity index is 378. The van der Waals surface area contributed by atoms with Crippen molar-refractivity contribution in [2.75, 3.05) is 25.5 Å². The van der Waals surface area contributed by atoms with Gasteiger partial charge in [0.1, 0.15) is 5.75 Å². The molecule has 0 saturated heterocycles. The predicted molar refractivity (Wildman–Crippen MR) is 73.9 cm³/mol. The zero-order valence-electron chi connectivity index (χ0n) is 11.3. The minimum absolute atomic E-state index is 0.00393. The minimum atomic E-state index is -0.00393. The molecule has 0 aliphatic heterocycles. The van der Waals surface area contributed by atoms with Gasteiger partial charge in [-0.15, -0.1) is 0 Å². The second kappa shape index (κ2) is 7.71. The number of anilines is 1. The number of rotatable bonds is 7. The van der Waals surface area contributed by atoms with E-state index >= 15 is 0 Å². The first kappa shape index (κ1) is 14.5. The third kappa shape index (κ3) is 5.19. The van der Waals surface area contributed by atoms with E-state index in [4.69, 9.17) is 4.74 Å². The van der Waals surface area contributed by atoms with Crippen molar-refractivity contribution >= 4 is 11.6 Å². The number of carbonyl (C=O) groups is 1. The SMILES string of the molecule is COc1ccccc1NC(=O)CCNCC(C)C. The van der Waals surface area contributed by atoms with Gasteiger partial charge in [-0.3, -0.25) is 4.79 Å². The van der Waals surface area contributed by atoms with Crippen LogP contribution in [0, 0.1) is 5.92 Å². The van der Waals surface area contributed by atoms with Crippen molar-refractivity contribution in [1.29, 1.82) is 0 Å². The van der Waals surface area contributed by atoms with Crippen LogP contribution >= 0.6 is 0 Å². The zero-order valence-corrected chi connectivity index (χ0v) is 11.3. The van der Waals surface area contributed by atoms with E-state index in [1.54, 1.807) is 7.11 Å². The Morgan fingerprint density at radius 2 is 2.06 bits per heavy atom. The molecule has 4 nitrogen and oxygen atoms in total. The van der Waals surface area contributed by atoms with Crippen LogP contribution in [0.3, 0.4) is 0 Å². The van der Waals surface area contributed by atoms with Gasteiger partial charge in [-0.05, 0) is 24.6 Å². The summed E-state index contributed by atoms with van der Waals surface area (Å²) in [4.78, 5) is 11.7. The first-order valence-electron chi connectivity index (χ1n) is 6.27. The minimum Gasteiger partial charge on any atom is -0.495 e. The van der Waals surface area contributed by atoms with Gasteiger partial charge in [0.25, 0.3) is 0 Å². The molecule has 0 unspecified atom stereocenters. The van der Waals surface area contributed by atoms with Crippen molar-refractivity contribution in [3.63, 3.8) is 0 Å². The monoisotopic (exact) mass is 250 g/mol. The lowest BCUT2D eigenvalue weighted by Crippen LogP contribution is -2.25. The average molecular weight is 250 g/mol. The molecule has 0 fully saturated rings. The van der Waals surface area contributed by atoms with Crippen LogP contribution in [-0.2, 0) is 4.79 Å². The van der Waals surface area contributed by atoms with Gasteiger partial charge < -0.3 is 15.4 Å². The summed E-state index contributed by atoms with van der Waals surface area (Å²) >= 11 is 0. The zero-order chi connectivity index (χ0) is 13.4. The Morgan fingerprint density at radius 1 is 1.33 bits per heavy atom. The number of nitrogens with one attached hydrogen (secondary N) is 2. The number of ether oxygens (including phenoxy) is 1. The van der Waals surface area contributed by atoms with Crippen molar-refractivity contribution in [2.45, 2.75) is 20.3 Å². The molecule has 0 radical (unpaired) electrons. The van der Waals surface area contributed by atoms with Crippen molar-refractivity contribution in [3.05, 3.63) is 24.3 Å². The summed E-state index contributed by atoms with van der Waals surface area (Å²) in [7, 11) is 1.59. The van der Waals surface area contributed by atoms with Gasteiger partial charge >= 0.3 is 0 Å². The Kier molecular flexibility index (Phi) is 6.22. The molecule has 0 aliphatic carbocycles. The van der Waals surface area contributed by atoms with E-state index in [1.807, 2.05) is 24.3 Å². The van der Waals surface area contributed by atoms with Crippen molar-refractivity contribution < 1.29 is 9.53 Å². The summed E-state index contributed by atoms with van der Waals surface area (Å²) in [6, 6.07) is 7.40. The first-order valence-corrected chi connectivity index (χ1v) is 6.27. The molecule has 1 aromatic carbocycles. The summed E-state index contributed by atoms with van der Waals surface area (Å²) in [5, 5.41) is 6.08. The molecule has 1 aromatic rings. The quantitative estimate of drug-likeness (QED) is 0.730. The van der Waals surface area contributed by atoms with E-state index in [9.17, 15) is 4.79 Å². The van der Waals surface area contributed by atoms with Crippen molar-refractivity contribution in [3.8, 4) is 5.75 Å². The van der Waals surface area contributed by atoms with Gasteiger partial charge in [0.05, 0.1) is 12.8 Å². The molecular formula is C14H22N2O2. The van der Waals surface area contributed by atoms with Crippen LogP contribution in [0.1, 0.15) is 20.3 Å². The Balaban J connectivity index is 2.35. The highest BCUT2D eigenvalue weighted by Gasteiger charge is 2.06. The van der Waals surface area contributed by atoms with Crippen LogP contribution < -0.4 is 15.4 Å². The number of carbonyl (C=O) groups excluding carboxylic acids is 1. The summed E-state index contributed by atoms with van der Waals surface area (Å²) in [6.07, 6.45) is 0.463. The van der Waals surface area contributed by atoms with E-state index in [0.717, 1.165) is 6.54 Å². The average Bonchev–Trinajstić information content (AvgIpc) is 2.35. The van der Waals surface area contributed by atoms with Crippen LogP contribution in [0.5, 0.6) is 5.75 Å². The lowest BCUT2D eigenvalue weighted by molar-refractivity contribution is -0.116. The highest BCUT2D eigenvalue weighted by molar-refractivity contribution is 5.92. The highest BCUT2D eigenvalue weighted by Crippen LogP contribution is 2.22. The second-order valence-corrected chi connectivity index (χ2v) is 4.60. The normalized spacial score (nSPS) is 10.4. The molecule has 0 aromatic heterocycles. The molecule has 1 amide bonds. The number of para-hydroxylation sites is 2. The van der Waals surface area contributed by atoms with Crippen LogP contribution in [0.25, 0.3) is 0 Å². The van der Waals surface area contributed by atoms with Crippen LogP contribution in [0.15, 0.2) is 24.3 Å². The van der Waals surface area contributed by atoms with E-state index in [2.05, 4.69) is 24.5 Å². The molecule has 0 atom stereocenters. The Morgan fingerprint density at radius 3 is 2.72 bits per heavy atom. The van der Waals surface area contributed by atoms with Gasteiger partial charge in [-0.2, -0.15) is 0 Å². The smallest absolute Gasteiger partial charge is 0.225 e. The van der Waals surface area contributed by atoms with E-state index in [1.165, 1.54) is 0 Å².